The summed E-state index contributed by atoms with van der Waals surface area (Å²) in [6.45, 7) is 8.81. The molecule has 1 N–H and O–H groups in total. The van der Waals surface area contributed by atoms with Crippen molar-refractivity contribution in [1.82, 2.24) is 9.62 Å². The van der Waals surface area contributed by atoms with Crippen LogP contribution in [0.1, 0.15) is 17.5 Å². The summed E-state index contributed by atoms with van der Waals surface area (Å²) in [7, 11) is -0.422. The van der Waals surface area contributed by atoms with E-state index in [0.717, 1.165) is 61.7 Å². The number of nitrogens with one attached hydrogen (secondary N) is 1. The number of sulfonamides is 1. The van der Waals surface area contributed by atoms with E-state index >= 15 is 0 Å². The van der Waals surface area contributed by atoms with Crippen molar-refractivity contribution in [2.75, 3.05) is 58.4 Å². The van der Waals surface area contributed by atoms with Gasteiger partial charge in [-0.1, -0.05) is 12.1 Å². The molecule has 0 radical (unpaired) electrons. The van der Waals surface area contributed by atoms with Crippen LogP contribution >= 0.6 is 0 Å². The van der Waals surface area contributed by atoms with Crippen LogP contribution in [-0.4, -0.2) is 66.8 Å². The lowest BCUT2D eigenvalue weighted by molar-refractivity contribution is 0.254. The maximum atomic E-state index is 12.8. The topological polar surface area (TPSA) is 71.1 Å². The average Bonchev–Trinajstić information content (AvgIpc) is 2.78. The first-order valence-corrected chi connectivity index (χ1v) is 12.1. The van der Waals surface area contributed by atoms with Crippen LogP contribution in [0.2, 0.25) is 0 Å². The van der Waals surface area contributed by atoms with Crippen LogP contribution in [0.15, 0.2) is 41.3 Å². The van der Waals surface area contributed by atoms with E-state index in [4.69, 9.17) is 9.47 Å². The molecule has 1 heterocycles. The Bertz CT molecular complexity index is 986. The number of hydrogen-bond acceptors (Lipinski definition) is 6. The second-order valence-electron chi connectivity index (χ2n) is 7.84. The number of piperazine rings is 1. The molecule has 0 unspecified atom stereocenters. The van der Waals surface area contributed by atoms with Crippen molar-refractivity contribution in [1.29, 1.82) is 0 Å². The Balaban J connectivity index is 1.48. The Labute approximate surface area is 186 Å². The van der Waals surface area contributed by atoms with Crippen LogP contribution in [-0.2, 0) is 10.0 Å². The summed E-state index contributed by atoms with van der Waals surface area (Å²) in [5.74, 6) is 1.27. The van der Waals surface area contributed by atoms with Gasteiger partial charge < -0.3 is 14.4 Å². The molecule has 1 aliphatic heterocycles. The molecular weight excluding hydrogens is 414 g/mol. The van der Waals surface area contributed by atoms with Gasteiger partial charge in [0.1, 0.15) is 16.4 Å². The molecule has 0 aromatic heterocycles. The molecule has 1 aliphatic rings. The van der Waals surface area contributed by atoms with Crippen LogP contribution < -0.4 is 19.1 Å². The summed E-state index contributed by atoms with van der Waals surface area (Å²) in [5.41, 5.74) is 3.05. The molecule has 0 aliphatic carbocycles. The van der Waals surface area contributed by atoms with Gasteiger partial charge in [0.05, 0.1) is 19.9 Å². The van der Waals surface area contributed by atoms with Crippen LogP contribution in [0, 0.1) is 13.8 Å². The molecule has 0 spiro atoms. The zero-order valence-corrected chi connectivity index (χ0v) is 19.7. The third-order valence-electron chi connectivity index (χ3n) is 5.81. The van der Waals surface area contributed by atoms with Gasteiger partial charge in [-0.3, -0.25) is 4.90 Å². The van der Waals surface area contributed by atoms with Crippen LogP contribution in [0.4, 0.5) is 5.69 Å². The molecule has 2 aromatic carbocycles. The highest BCUT2D eigenvalue weighted by Crippen LogP contribution is 2.29. The molecule has 3 rings (SSSR count). The Kier molecular flexibility index (Phi) is 7.80. The number of benzene rings is 2. The zero-order chi connectivity index (χ0) is 22.4. The molecule has 1 saturated heterocycles. The van der Waals surface area contributed by atoms with Crippen molar-refractivity contribution >= 4 is 15.7 Å². The number of hydrogen-bond donors (Lipinski definition) is 1. The van der Waals surface area contributed by atoms with E-state index in [1.54, 1.807) is 19.2 Å². The van der Waals surface area contributed by atoms with Gasteiger partial charge in [-0.15, -0.1) is 0 Å². The fourth-order valence-electron chi connectivity index (χ4n) is 3.82. The van der Waals surface area contributed by atoms with E-state index < -0.39 is 10.0 Å². The van der Waals surface area contributed by atoms with E-state index in [9.17, 15) is 8.42 Å². The number of anilines is 1. The predicted molar refractivity (Wildman–Crippen MR) is 124 cm³/mol. The maximum Gasteiger partial charge on any atom is 0.244 e. The highest BCUT2D eigenvalue weighted by molar-refractivity contribution is 7.89. The molecular formula is C23H33N3O4S. The summed E-state index contributed by atoms with van der Waals surface area (Å²) in [6.07, 6.45) is 0.751. The van der Waals surface area contributed by atoms with Gasteiger partial charge in [0.25, 0.3) is 0 Å². The van der Waals surface area contributed by atoms with Gasteiger partial charge >= 0.3 is 0 Å². The number of para-hydroxylation sites is 2. The van der Waals surface area contributed by atoms with Crippen molar-refractivity contribution in [2.45, 2.75) is 25.2 Å². The Hall–Kier alpha value is -2.29. The summed E-state index contributed by atoms with van der Waals surface area (Å²) in [5, 5.41) is 0. The molecule has 0 saturated carbocycles. The summed E-state index contributed by atoms with van der Waals surface area (Å²) < 4.78 is 39.0. The van der Waals surface area contributed by atoms with Crippen molar-refractivity contribution in [2.24, 2.45) is 0 Å². The molecule has 0 atom stereocenters. The lowest BCUT2D eigenvalue weighted by Gasteiger charge is -2.36. The number of aryl methyl sites for hydroxylation is 2. The first-order valence-electron chi connectivity index (χ1n) is 10.6. The van der Waals surface area contributed by atoms with Gasteiger partial charge in [0.2, 0.25) is 10.0 Å². The lowest BCUT2D eigenvalue weighted by atomic mass is 10.1. The Morgan fingerprint density at radius 1 is 0.935 bits per heavy atom. The van der Waals surface area contributed by atoms with Crippen molar-refractivity contribution in [3.63, 3.8) is 0 Å². The summed E-state index contributed by atoms with van der Waals surface area (Å²) in [4.78, 5) is 4.91. The van der Waals surface area contributed by atoms with Crippen LogP contribution in [0.25, 0.3) is 0 Å². The first kappa shape index (κ1) is 23.4. The number of rotatable bonds is 9. The summed E-state index contributed by atoms with van der Waals surface area (Å²) in [6, 6.07) is 11.5. The zero-order valence-electron chi connectivity index (χ0n) is 18.8. The Morgan fingerprint density at radius 3 is 2.26 bits per heavy atom. The van der Waals surface area contributed by atoms with Gasteiger partial charge in [-0.05, 0) is 62.2 Å². The number of methoxy groups -OCH3 is 2. The third kappa shape index (κ3) is 5.70. The van der Waals surface area contributed by atoms with Crippen molar-refractivity contribution in [3.05, 3.63) is 47.5 Å². The van der Waals surface area contributed by atoms with E-state index in [2.05, 4.69) is 20.6 Å². The van der Waals surface area contributed by atoms with Crippen molar-refractivity contribution < 1.29 is 17.9 Å². The fourth-order valence-corrected chi connectivity index (χ4v) is 5.13. The van der Waals surface area contributed by atoms with E-state index in [1.165, 1.54) is 7.11 Å². The monoisotopic (exact) mass is 447 g/mol. The molecule has 170 valence electrons. The highest BCUT2D eigenvalue weighted by Gasteiger charge is 2.22. The molecule has 0 amide bonds. The largest absolute Gasteiger partial charge is 0.495 e. The minimum absolute atomic E-state index is 0.198. The first-order chi connectivity index (χ1) is 14.9. The summed E-state index contributed by atoms with van der Waals surface area (Å²) >= 11 is 0. The molecule has 7 nitrogen and oxygen atoms in total. The van der Waals surface area contributed by atoms with Crippen LogP contribution in [0.3, 0.4) is 0 Å². The van der Waals surface area contributed by atoms with Crippen LogP contribution in [0.5, 0.6) is 11.5 Å². The fraction of sp³-hybridized carbons (Fsp3) is 0.478. The minimum atomic E-state index is -3.61. The Morgan fingerprint density at radius 2 is 1.58 bits per heavy atom. The SMILES string of the molecule is COc1ccccc1N1CCN(CCCNS(=O)(=O)c2cc(C)c(C)cc2OC)CC1. The normalized spacial score (nSPS) is 15.2. The number of nitrogens with zero attached hydrogens (tertiary/aromatic N) is 2. The second kappa shape index (κ2) is 10.3. The highest BCUT2D eigenvalue weighted by atomic mass is 32.2. The van der Waals surface area contributed by atoms with E-state index in [1.807, 2.05) is 32.0 Å². The second-order valence-corrected chi connectivity index (χ2v) is 9.57. The smallest absolute Gasteiger partial charge is 0.244 e. The molecule has 1 fully saturated rings. The van der Waals surface area contributed by atoms with Gasteiger partial charge in [0.15, 0.2) is 0 Å². The molecule has 31 heavy (non-hydrogen) atoms. The van der Waals surface area contributed by atoms with Crippen molar-refractivity contribution in [3.8, 4) is 11.5 Å². The molecule has 0 bridgehead atoms. The maximum absolute atomic E-state index is 12.8. The quantitative estimate of drug-likeness (QED) is 0.596. The van der Waals surface area contributed by atoms with E-state index in [0.29, 0.717) is 12.3 Å². The van der Waals surface area contributed by atoms with Gasteiger partial charge in [0, 0.05) is 32.7 Å². The van der Waals surface area contributed by atoms with Gasteiger partial charge in [-0.25, -0.2) is 13.1 Å². The van der Waals surface area contributed by atoms with Gasteiger partial charge in [-0.2, -0.15) is 0 Å². The molecule has 2 aromatic rings. The molecule has 8 heteroatoms. The standard InChI is InChI=1S/C23H33N3O4S/c1-18-16-22(30-4)23(17-19(18)2)31(27,28)24-10-7-11-25-12-14-26(15-13-25)20-8-5-6-9-21(20)29-3/h5-6,8-9,16-17,24H,7,10-15H2,1-4H3. The third-order valence-corrected chi connectivity index (χ3v) is 7.29. The van der Waals surface area contributed by atoms with E-state index in [-0.39, 0.29) is 4.90 Å². The predicted octanol–water partition coefficient (Wildman–Crippen LogP) is 2.81. The number of ether oxygens (including phenoxy) is 2. The average molecular weight is 448 g/mol. The minimum Gasteiger partial charge on any atom is -0.495 e. The lowest BCUT2D eigenvalue weighted by Crippen LogP contribution is -2.47.